The molecule has 2 amide bonds. The van der Waals surface area contributed by atoms with Gasteiger partial charge in [-0.1, -0.05) is 54.6 Å². The number of hydrazone groups is 1. The molecule has 1 saturated heterocycles. The molecule has 4 aliphatic carbocycles. The van der Waals surface area contributed by atoms with Gasteiger partial charge in [-0.2, -0.15) is 10.1 Å². The molecule has 0 unspecified atom stereocenters. The van der Waals surface area contributed by atoms with Crippen LogP contribution in [0.5, 0.6) is 11.5 Å². The molecule has 6 heteroatoms. The number of hydrogen-bond acceptors (Lipinski definition) is 5. The van der Waals surface area contributed by atoms with Gasteiger partial charge in [-0.3, -0.25) is 9.59 Å². The average molecular weight is 493 g/mol. The molecule has 6 nitrogen and oxygen atoms in total. The van der Waals surface area contributed by atoms with Gasteiger partial charge in [0.05, 0.1) is 24.7 Å². The molecule has 1 heterocycles. The fourth-order valence-corrected chi connectivity index (χ4v) is 6.75. The van der Waals surface area contributed by atoms with Crippen LogP contribution < -0.4 is 9.47 Å². The van der Waals surface area contributed by atoms with Crippen molar-refractivity contribution in [3.05, 3.63) is 83.9 Å². The van der Waals surface area contributed by atoms with Gasteiger partial charge in [-0.05, 0) is 77.1 Å². The third kappa shape index (κ3) is 3.57. The Bertz CT molecular complexity index is 1440. The molecule has 0 radical (unpaired) electrons. The molecule has 0 aromatic heterocycles. The molecular formula is C31H28N2O4. The van der Waals surface area contributed by atoms with Crippen LogP contribution in [0.4, 0.5) is 0 Å². The molecule has 0 N–H and O–H groups in total. The van der Waals surface area contributed by atoms with Gasteiger partial charge in [0.2, 0.25) is 0 Å². The second-order valence-electron chi connectivity index (χ2n) is 10.5. The van der Waals surface area contributed by atoms with E-state index in [0.717, 1.165) is 27.9 Å². The number of carbonyl (C=O) groups excluding carboxylic acids is 2. The van der Waals surface area contributed by atoms with Crippen LogP contribution >= 0.6 is 0 Å². The maximum Gasteiger partial charge on any atom is 0.254 e. The van der Waals surface area contributed by atoms with E-state index in [1.165, 1.54) is 5.39 Å². The van der Waals surface area contributed by atoms with Crippen LogP contribution in [-0.4, -0.2) is 29.6 Å². The minimum Gasteiger partial charge on any atom is -0.490 e. The molecule has 8 rings (SSSR count). The predicted molar refractivity (Wildman–Crippen MR) is 140 cm³/mol. The van der Waals surface area contributed by atoms with Crippen LogP contribution in [0.15, 0.2) is 77.9 Å². The lowest BCUT2D eigenvalue weighted by atomic mass is 9.63. The Labute approximate surface area is 215 Å². The predicted octanol–water partition coefficient (Wildman–Crippen LogP) is 5.20. The Balaban J connectivity index is 1.10. The van der Waals surface area contributed by atoms with Crippen molar-refractivity contribution in [2.75, 3.05) is 6.61 Å². The maximum atomic E-state index is 13.2. The zero-order valence-corrected chi connectivity index (χ0v) is 20.6. The summed E-state index contributed by atoms with van der Waals surface area (Å²) in [5, 5.41) is 7.80. The van der Waals surface area contributed by atoms with E-state index >= 15 is 0 Å². The first-order valence-corrected chi connectivity index (χ1v) is 13.1. The van der Waals surface area contributed by atoms with Crippen molar-refractivity contribution < 1.29 is 19.1 Å². The summed E-state index contributed by atoms with van der Waals surface area (Å²) in [6, 6.07) is 20.0. The molecule has 5 aliphatic rings. The number of ether oxygens (including phenoxy) is 2. The number of amides is 2. The van der Waals surface area contributed by atoms with Crippen LogP contribution in [0.2, 0.25) is 0 Å². The topological polar surface area (TPSA) is 68.2 Å². The summed E-state index contributed by atoms with van der Waals surface area (Å²) < 4.78 is 12.0. The molecule has 2 bridgehead atoms. The van der Waals surface area contributed by atoms with Gasteiger partial charge in [0.15, 0.2) is 11.5 Å². The Morgan fingerprint density at radius 3 is 2.38 bits per heavy atom. The highest BCUT2D eigenvalue weighted by molar-refractivity contribution is 6.06. The molecule has 2 saturated carbocycles. The minimum absolute atomic E-state index is 0.156. The van der Waals surface area contributed by atoms with Crippen molar-refractivity contribution in [1.29, 1.82) is 0 Å². The van der Waals surface area contributed by atoms with Gasteiger partial charge >= 0.3 is 0 Å². The van der Waals surface area contributed by atoms with E-state index in [9.17, 15) is 9.59 Å². The highest BCUT2D eigenvalue weighted by atomic mass is 16.5. The summed E-state index contributed by atoms with van der Waals surface area (Å²) >= 11 is 0. The highest BCUT2D eigenvalue weighted by Gasteiger charge is 2.67. The van der Waals surface area contributed by atoms with Crippen LogP contribution in [-0.2, 0) is 16.2 Å². The van der Waals surface area contributed by atoms with Gasteiger partial charge in [-0.15, -0.1) is 0 Å². The lowest BCUT2D eigenvalue weighted by Gasteiger charge is -2.37. The van der Waals surface area contributed by atoms with Gasteiger partial charge < -0.3 is 9.47 Å². The number of carbonyl (C=O) groups is 2. The molecule has 3 fully saturated rings. The largest absolute Gasteiger partial charge is 0.490 e. The summed E-state index contributed by atoms with van der Waals surface area (Å²) in [5.41, 5.74) is 1.83. The van der Waals surface area contributed by atoms with Gasteiger partial charge in [0.1, 0.15) is 6.61 Å². The number of fused-ring (bicyclic) bond motifs is 1. The fraction of sp³-hybridized carbons (Fsp3) is 0.323. The fourth-order valence-electron chi connectivity index (χ4n) is 6.75. The summed E-state index contributed by atoms with van der Waals surface area (Å²) in [6.45, 7) is 2.81. The Morgan fingerprint density at radius 1 is 0.892 bits per heavy atom. The van der Waals surface area contributed by atoms with E-state index in [0.29, 0.717) is 36.5 Å². The summed E-state index contributed by atoms with van der Waals surface area (Å²) in [7, 11) is 0. The second kappa shape index (κ2) is 8.58. The van der Waals surface area contributed by atoms with E-state index in [1.807, 2.05) is 43.3 Å². The zero-order chi connectivity index (χ0) is 25.1. The van der Waals surface area contributed by atoms with Crippen molar-refractivity contribution in [2.24, 2.45) is 40.6 Å². The number of benzene rings is 3. The average Bonchev–Trinajstić information content (AvgIpc) is 3.71. The molecule has 186 valence electrons. The Hall–Kier alpha value is -3.93. The van der Waals surface area contributed by atoms with Crippen LogP contribution in [0, 0.1) is 35.5 Å². The first-order chi connectivity index (χ1) is 18.1. The van der Waals surface area contributed by atoms with Crippen molar-refractivity contribution in [2.45, 2.75) is 20.0 Å². The summed E-state index contributed by atoms with van der Waals surface area (Å²) in [5.74, 6) is 1.97. The molecule has 37 heavy (non-hydrogen) atoms. The van der Waals surface area contributed by atoms with E-state index in [4.69, 9.17) is 9.47 Å². The van der Waals surface area contributed by atoms with Gasteiger partial charge in [0, 0.05) is 0 Å². The Kier molecular flexibility index (Phi) is 5.17. The van der Waals surface area contributed by atoms with Crippen LogP contribution in [0.1, 0.15) is 24.5 Å². The normalized spacial score (nSPS) is 29.2. The standard InChI is InChI=1S/C31H28N2O4/c1-2-36-27-14-18(10-13-26(27)37-17-20-8-5-7-19-6-3-4-9-21(19)20)16-32-33-30(34)28-22-11-12-23(25-15-24(22)25)29(28)31(33)35/h3-14,16,22-25,28-29H,2,15,17H2,1H3/t22-,23-,24-,25+,28-,29+/m0/s1. The molecule has 1 aliphatic heterocycles. The second-order valence-corrected chi connectivity index (χ2v) is 10.5. The van der Waals surface area contributed by atoms with Crippen LogP contribution in [0.25, 0.3) is 10.8 Å². The summed E-state index contributed by atoms with van der Waals surface area (Å²) in [4.78, 5) is 26.3. The minimum atomic E-state index is -0.243. The number of hydrogen-bond donors (Lipinski definition) is 0. The van der Waals surface area contributed by atoms with E-state index in [2.05, 4.69) is 41.5 Å². The molecule has 6 atom stereocenters. The number of nitrogens with zero attached hydrogens (tertiary/aromatic N) is 2. The van der Waals surface area contributed by atoms with Crippen molar-refractivity contribution >= 4 is 28.8 Å². The quantitative estimate of drug-likeness (QED) is 0.258. The van der Waals surface area contributed by atoms with Crippen molar-refractivity contribution in [3.8, 4) is 11.5 Å². The van der Waals surface area contributed by atoms with Crippen molar-refractivity contribution in [1.82, 2.24) is 5.01 Å². The Morgan fingerprint density at radius 2 is 1.62 bits per heavy atom. The number of imide groups is 1. The van der Waals surface area contributed by atoms with E-state index in [1.54, 1.807) is 6.21 Å². The third-order valence-corrected chi connectivity index (χ3v) is 8.49. The molecule has 3 aromatic carbocycles. The third-order valence-electron chi connectivity index (χ3n) is 8.49. The number of rotatable bonds is 7. The lowest BCUT2D eigenvalue weighted by Crippen LogP contribution is -2.40. The van der Waals surface area contributed by atoms with Gasteiger partial charge in [0.25, 0.3) is 11.8 Å². The van der Waals surface area contributed by atoms with Gasteiger partial charge in [-0.25, -0.2) is 0 Å². The first kappa shape index (κ1) is 22.3. The monoisotopic (exact) mass is 492 g/mol. The summed E-state index contributed by atoms with van der Waals surface area (Å²) in [6.07, 6.45) is 7.06. The van der Waals surface area contributed by atoms with E-state index in [-0.39, 0.29) is 35.5 Å². The maximum absolute atomic E-state index is 13.2. The molecular weight excluding hydrogens is 464 g/mol. The van der Waals surface area contributed by atoms with Crippen molar-refractivity contribution in [3.63, 3.8) is 0 Å². The van der Waals surface area contributed by atoms with E-state index < -0.39 is 0 Å². The molecule has 3 aromatic rings. The molecule has 0 spiro atoms. The van der Waals surface area contributed by atoms with Crippen LogP contribution in [0.3, 0.4) is 0 Å². The lowest BCUT2D eigenvalue weighted by molar-refractivity contribution is -0.140. The smallest absolute Gasteiger partial charge is 0.254 e. The zero-order valence-electron chi connectivity index (χ0n) is 20.6. The number of allylic oxidation sites excluding steroid dienone is 2. The highest BCUT2D eigenvalue weighted by Crippen LogP contribution is 2.65. The first-order valence-electron chi connectivity index (χ1n) is 13.1. The SMILES string of the molecule is CCOc1cc(C=NN2C(=O)[C@@H]3[C@H]4C=C[C@@H]([C@@H]5C[C@H]45)[C@@H]3C2=O)ccc1OCc1cccc2ccccc12.